The van der Waals surface area contributed by atoms with E-state index >= 15 is 0 Å². The number of rotatable bonds is 5. The molecule has 94 valence electrons. The summed E-state index contributed by atoms with van der Waals surface area (Å²) in [6.07, 6.45) is 5.55. The van der Waals surface area contributed by atoms with Crippen LogP contribution in [0.5, 0.6) is 0 Å². The van der Waals surface area contributed by atoms with Crippen molar-refractivity contribution < 1.29 is 14.1 Å². The number of amides is 1. The number of ether oxygens (including phenoxy) is 1. The molecule has 1 aromatic rings. The second-order valence-corrected chi connectivity index (χ2v) is 4.03. The number of anilines is 1. The maximum absolute atomic E-state index is 11.5. The molecular weight excluding hydrogens is 222 g/mol. The van der Waals surface area contributed by atoms with Crippen molar-refractivity contribution in [1.29, 1.82) is 0 Å². The monoisotopic (exact) mass is 239 g/mol. The topological polar surface area (TPSA) is 76.4 Å². The van der Waals surface area contributed by atoms with Gasteiger partial charge in [-0.1, -0.05) is 5.16 Å². The van der Waals surface area contributed by atoms with Gasteiger partial charge in [0.25, 0.3) is 0 Å². The van der Waals surface area contributed by atoms with Gasteiger partial charge in [-0.15, -0.1) is 0 Å². The first-order chi connectivity index (χ1) is 8.34. The molecule has 6 heteroatoms. The van der Waals surface area contributed by atoms with Gasteiger partial charge in [-0.3, -0.25) is 4.79 Å². The molecule has 17 heavy (non-hydrogen) atoms. The van der Waals surface area contributed by atoms with E-state index in [0.717, 1.165) is 25.9 Å². The highest BCUT2D eigenvalue weighted by Crippen LogP contribution is 2.08. The van der Waals surface area contributed by atoms with Crippen molar-refractivity contribution in [2.45, 2.75) is 25.4 Å². The second kappa shape index (κ2) is 6.36. The lowest BCUT2D eigenvalue weighted by atomic mass is 10.1. The van der Waals surface area contributed by atoms with Gasteiger partial charge in [0.15, 0.2) is 0 Å². The molecular formula is C11H17N3O3. The van der Waals surface area contributed by atoms with Crippen LogP contribution in [0.2, 0.25) is 0 Å². The largest absolute Gasteiger partial charge is 0.378 e. The SMILES string of the molecule is O=C(CCOC1CCNCC1)Nc1cnoc1. The van der Waals surface area contributed by atoms with Crippen molar-refractivity contribution in [3.05, 3.63) is 12.5 Å². The molecule has 0 aliphatic carbocycles. The van der Waals surface area contributed by atoms with E-state index in [1.165, 1.54) is 12.5 Å². The molecule has 1 aliphatic heterocycles. The predicted molar refractivity (Wildman–Crippen MR) is 61.6 cm³/mol. The highest BCUT2D eigenvalue weighted by molar-refractivity contribution is 5.90. The summed E-state index contributed by atoms with van der Waals surface area (Å²) in [7, 11) is 0. The van der Waals surface area contributed by atoms with Gasteiger partial charge in [0.05, 0.1) is 25.3 Å². The molecule has 0 bridgehead atoms. The lowest BCUT2D eigenvalue weighted by molar-refractivity contribution is -0.117. The molecule has 1 amide bonds. The highest BCUT2D eigenvalue weighted by atomic mass is 16.5. The number of piperidine rings is 1. The van der Waals surface area contributed by atoms with Crippen LogP contribution in [0.15, 0.2) is 17.0 Å². The van der Waals surface area contributed by atoms with Crippen molar-refractivity contribution in [2.24, 2.45) is 0 Å². The molecule has 0 radical (unpaired) electrons. The molecule has 1 aromatic heterocycles. The van der Waals surface area contributed by atoms with Gasteiger partial charge in [-0.2, -0.15) is 0 Å². The third-order valence-electron chi connectivity index (χ3n) is 2.68. The van der Waals surface area contributed by atoms with E-state index in [-0.39, 0.29) is 5.91 Å². The molecule has 0 atom stereocenters. The molecule has 2 rings (SSSR count). The molecule has 1 saturated heterocycles. The van der Waals surface area contributed by atoms with E-state index in [9.17, 15) is 4.79 Å². The van der Waals surface area contributed by atoms with Crippen LogP contribution < -0.4 is 10.6 Å². The minimum absolute atomic E-state index is 0.0814. The van der Waals surface area contributed by atoms with Crippen molar-refractivity contribution >= 4 is 11.6 Å². The average Bonchev–Trinajstić information content (AvgIpc) is 2.83. The minimum Gasteiger partial charge on any atom is -0.378 e. The normalized spacial score (nSPS) is 16.9. The number of hydrogen-bond donors (Lipinski definition) is 2. The van der Waals surface area contributed by atoms with E-state index in [0.29, 0.717) is 24.8 Å². The quantitative estimate of drug-likeness (QED) is 0.793. The first-order valence-electron chi connectivity index (χ1n) is 5.86. The first kappa shape index (κ1) is 12.1. The Hall–Kier alpha value is -1.40. The zero-order valence-corrected chi connectivity index (χ0v) is 9.65. The van der Waals surface area contributed by atoms with Crippen LogP contribution in [0.1, 0.15) is 19.3 Å². The number of aromatic nitrogens is 1. The lowest BCUT2D eigenvalue weighted by Crippen LogP contribution is -2.33. The Morgan fingerprint density at radius 3 is 3.12 bits per heavy atom. The second-order valence-electron chi connectivity index (χ2n) is 4.03. The number of nitrogens with zero attached hydrogens (tertiary/aromatic N) is 1. The van der Waals surface area contributed by atoms with E-state index in [2.05, 4.69) is 20.3 Å². The number of carbonyl (C=O) groups excluding carboxylic acids is 1. The predicted octanol–water partition coefficient (Wildman–Crippen LogP) is 0.772. The number of nitrogens with one attached hydrogen (secondary N) is 2. The fourth-order valence-electron chi connectivity index (χ4n) is 1.77. The third kappa shape index (κ3) is 4.16. The van der Waals surface area contributed by atoms with Crippen LogP contribution in [0, 0.1) is 0 Å². The van der Waals surface area contributed by atoms with Crippen LogP contribution >= 0.6 is 0 Å². The van der Waals surface area contributed by atoms with E-state index in [4.69, 9.17) is 4.74 Å². The summed E-state index contributed by atoms with van der Waals surface area (Å²) in [4.78, 5) is 11.5. The van der Waals surface area contributed by atoms with Gasteiger partial charge >= 0.3 is 0 Å². The molecule has 6 nitrogen and oxygen atoms in total. The van der Waals surface area contributed by atoms with Gasteiger partial charge in [-0.05, 0) is 25.9 Å². The molecule has 1 fully saturated rings. The van der Waals surface area contributed by atoms with Crippen molar-refractivity contribution in [3.63, 3.8) is 0 Å². The van der Waals surface area contributed by atoms with Crippen LogP contribution in [-0.2, 0) is 9.53 Å². The van der Waals surface area contributed by atoms with Gasteiger partial charge in [0.1, 0.15) is 12.0 Å². The zero-order valence-electron chi connectivity index (χ0n) is 9.65. The Bertz CT molecular complexity index is 334. The first-order valence-corrected chi connectivity index (χ1v) is 5.86. The van der Waals surface area contributed by atoms with Crippen LogP contribution in [0.4, 0.5) is 5.69 Å². The Morgan fingerprint density at radius 1 is 1.59 bits per heavy atom. The lowest BCUT2D eigenvalue weighted by Gasteiger charge is -2.22. The standard InChI is InChI=1S/C11H17N3O3/c15-11(14-9-7-13-17-8-9)3-6-16-10-1-4-12-5-2-10/h7-8,10,12H,1-6H2,(H,14,15). The maximum Gasteiger partial charge on any atom is 0.226 e. The number of carbonyl (C=O) groups is 1. The van der Waals surface area contributed by atoms with Gasteiger partial charge in [-0.25, -0.2) is 0 Å². The summed E-state index contributed by atoms with van der Waals surface area (Å²) in [6.45, 7) is 2.46. The smallest absolute Gasteiger partial charge is 0.226 e. The van der Waals surface area contributed by atoms with Crippen molar-refractivity contribution in [1.82, 2.24) is 10.5 Å². The summed E-state index contributed by atoms with van der Waals surface area (Å²) >= 11 is 0. The summed E-state index contributed by atoms with van der Waals surface area (Å²) in [5.74, 6) is -0.0814. The minimum atomic E-state index is -0.0814. The van der Waals surface area contributed by atoms with E-state index < -0.39 is 0 Å². The van der Waals surface area contributed by atoms with Gasteiger partial charge in [0.2, 0.25) is 5.91 Å². The Balaban J connectivity index is 1.59. The Morgan fingerprint density at radius 2 is 2.41 bits per heavy atom. The summed E-state index contributed by atoms with van der Waals surface area (Å²) in [5.41, 5.74) is 0.580. The molecule has 1 aliphatic rings. The molecule has 0 saturated carbocycles. The van der Waals surface area contributed by atoms with Crippen LogP contribution in [0.3, 0.4) is 0 Å². The highest BCUT2D eigenvalue weighted by Gasteiger charge is 2.13. The summed E-state index contributed by atoms with van der Waals surface area (Å²) < 4.78 is 10.2. The molecule has 2 heterocycles. The third-order valence-corrected chi connectivity index (χ3v) is 2.68. The average molecular weight is 239 g/mol. The van der Waals surface area contributed by atoms with Crippen molar-refractivity contribution in [3.8, 4) is 0 Å². The molecule has 0 aromatic carbocycles. The van der Waals surface area contributed by atoms with Crippen LogP contribution in [-0.4, -0.2) is 36.9 Å². The summed E-state index contributed by atoms with van der Waals surface area (Å²) in [6, 6.07) is 0. The van der Waals surface area contributed by atoms with E-state index in [1.54, 1.807) is 0 Å². The molecule has 2 N–H and O–H groups in total. The Labute approximate surface area is 99.7 Å². The summed E-state index contributed by atoms with van der Waals surface area (Å²) in [5, 5.41) is 9.44. The fraction of sp³-hybridized carbons (Fsp3) is 0.636. The maximum atomic E-state index is 11.5. The Kier molecular flexibility index (Phi) is 4.52. The zero-order chi connectivity index (χ0) is 11.9. The van der Waals surface area contributed by atoms with E-state index in [1.807, 2.05) is 0 Å². The van der Waals surface area contributed by atoms with Crippen molar-refractivity contribution in [2.75, 3.05) is 25.0 Å². The fourth-order valence-corrected chi connectivity index (χ4v) is 1.77. The van der Waals surface area contributed by atoms with Crippen LogP contribution in [0.25, 0.3) is 0 Å². The van der Waals surface area contributed by atoms with Gasteiger partial charge < -0.3 is 19.9 Å². The number of hydrogen-bond acceptors (Lipinski definition) is 5. The molecule has 0 spiro atoms. The van der Waals surface area contributed by atoms with Gasteiger partial charge in [0, 0.05) is 0 Å². The molecule has 0 unspecified atom stereocenters.